The van der Waals surface area contributed by atoms with Gasteiger partial charge in [-0.15, -0.1) is 0 Å². The van der Waals surface area contributed by atoms with Crippen LogP contribution < -0.4 is 9.47 Å². The van der Waals surface area contributed by atoms with Gasteiger partial charge in [-0.1, -0.05) is 29.3 Å². The minimum Gasteiger partial charge on any atom is -0.454 e. The molecule has 2 atom stereocenters. The summed E-state index contributed by atoms with van der Waals surface area (Å²) in [7, 11) is 0. The lowest BCUT2D eigenvalue weighted by atomic mass is 10.1. The number of rotatable bonds is 3. The van der Waals surface area contributed by atoms with Gasteiger partial charge < -0.3 is 19.3 Å². The third-order valence-corrected chi connectivity index (χ3v) is 6.53. The van der Waals surface area contributed by atoms with E-state index in [2.05, 4.69) is 0 Å². The largest absolute Gasteiger partial charge is 0.454 e. The number of nitrogens with zero attached hydrogens (tertiary/aromatic N) is 2. The zero-order valence-corrected chi connectivity index (χ0v) is 17.7. The van der Waals surface area contributed by atoms with Gasteiger partial charge in [0, 0.05) is 37.1 Å². The maximum Gasteiger partial charge on any atom is 0.255 e. The van der Waals surface area contributed by atoms with Crippen molar-refractivity contribution in [1.82, 2.24) is 9.80 Å². The van der Waals surface area contributed by atoms with Gasteiger partial charge in [0.05, 0.1) is 10.6 Å². The van der Waals surface area contributed by atoms with E-state index >= 15 is 0 Å². The van der Waals surface area contributed by atoms with Gasteiger partial charge in [0.2, 0.25) is 12.7 Å². The first kappa shape index (κ1) is 19.5. The molecule has 2 amide bonds. The lowest BCUT2D eigenvalue weighted by Gasteiger charge is -2.35. The summed E-state index contributed by atoms with van der Waals surface area (Å²) in [6, 6.07) is 10.8. The molecule has 2 aliphatic heterocycles. The number of piperazine rings is 1. The molecule has 0 N–H and O–H groups in total. The van der Waals surface area contributed by atoms with Crippen LogP contribution in [0.2, 0.25) is 10.0 Å². The van der Waals surface area contributed by atoms with Crippen LogP contribution in [0.3, 0.4) is 0 Å². The molecule has 0 radical (unpaired) electrons. The number of hydrogen-bond donors (Lipinski definition) is 0. The molecule has 0 aromatic heterocycles. The molecule has 1 aliphatic carbocycles. The molecule has 5 rings (SSSR count). The van der Waals surface area contributed by atoms with Gasteiger partial charge >= 0.3 is 0 Å². The molecule has 1 saturated heterocycles. The highest BCUT2D eigenvalue weighted by molar-refractivity contribution is 6.35. The van der Waals surface area contributed by atoms with Gasteiger partial charge in [-0.3, -0.25) is 9.59 Å². The summed E-state index contributed by atoms with van der Waals surface area (Å²) in [4.78, 5) is 29.3. The SMILES string of the molecule is O=C(c1cc(Cl)ccc1Cl)N1CCN(C(=O)[C@@H]2C[C@@H]2c2ccc3c(c2)OCO3)CC1. The molecule has 6 nitrogen and oxygen atoms in total. The van der Waals surface area contributed by atoms with Crippen LogP contribution in [-0.4, -0.2) is 54.6 Å². The van der Waals surface area contributed by atoms with Crippen molar-refractivity contribution in [3.8, 4) is 11.5 Å². The van der Waals surface area contributed by atoms with Crippen LogP contribution >= 0.6 is 23.2 Å². The average molecular weight is 447 g/mol. The fraction of sp³-hybridized carbons (Fsp3) is 0.364. The molecular weight excluding hydrogens is 427 g/mol. The first-order valence-electron chi connectivity index (χ1n) is 9.94. The van der Waals surface area contributed by atoms with E-state index < -0.39 is 0 Å². The van der Waals surface area contributed by atoms with Crippen LogP contribution in [0.25, 0.3) is 0 Å². The van der Waals surface area contributed by atoms with E-state index in [1.165, 1.54) is 0 Å². The first-order chi connectivity index (χ1) is 14.5. The quantitative estimate of drug-likeness (QED) is 0.718. The molecular formula is C22H20Cl2N2O4. The van der Waals surface area contributed by atoms with E-state index in [0.29, 0.717) is 41.8 Å². The Labute approximate surface area is 184 Å². The summed E-state index contributed by atoms with van der Waals surface area (Å²) in [5.74, 6) is 1.72. The number of hydrogen-bond acceptors (Lipinski definition) is 4. The van der Waals surface area contributed by atoms with Crippen LogP contribution in [0.1, 0.15) is 28.3 Å². The Morgan fingerprint density at radius 1 is 0.900 bits per heavy atom. The van der Waals surface area contributed by atoms with Crippen LogP contribution in [0.15, 0.2) is 36.4 Å². The molecule has 8 heteroatoms. The molecule has 0 spiro atoms. The van der Waals surface area contributed by atoms with Gasteiger partial charge in [-0.05, 0) is 48.2 Å². The van der Waals surface area contributed by atoms with Gasteiger partial charge in [0.1, 0.15) is 0 Å². The van der Waals surface area contributed by atoms with E-state index in [4.69, 9.17) is 32.7 Å². The van der Waals surface area contributed by atoms with Gasteiger partial charge in [0.15, 0.2) is 11.5 Å². The number of carbonyl (C=O) groups excluding carboxylic acids is 2. The minimum atomic E-state index is -0.153. The second-order valence-electron chi connectivity index (χ2n) is 7.80. The van der Waals surface area contributed by atoms with E-state index in [1.807, 2.05) is 23.1 Å². The topological polar surface area (TPSA) is 59.1 Å². The number of ether oxygens (including phenoxy) is 2. The lowest BCUT2D eigenvalue weighted by Crippen LogP contribution is -2.51. The van der Waals surface area contributed by atoms with Crippen LogP contribution in [-0.2, 0) is 4.79 Å². The number of carbonyl (C=O) groups is 2. The summed E-state index contributed by atoms with van der Waals surface area (Å²) in [6.07, 6.45) is 0.843. The van der Waals surface area contributed by atoms with Crippen molar-refractivity contribution >= 4 is 35.0 Å². The van der Waals surface area contributed by atoms with Crippen LogP contribution in [0.5, 0.6) is 11.5 Å². The number of fused-ring (bicyclic) bond motifs is 1. The van der Waals surface area contributed by atoms with Crippen molar-refractivity contribution < 1.29 is 19.1 Å². The van der Waals surface area contributed by atoms with Gasteiger partial charge in [-0.25, -0.2) is 0 Å². The fourth-order valence-corrected chi connectivity index (χ4v) is 4.55. The van der Waals surface area contributed by atoms with Crippen molar-refractivity contribution in [2.75, 3.05) is 33.0 Å². The lowest BCUT2D eigenvalue weighted by molar-refractivity contribution is -0.134. The highest BCUT2D eigenvalue weighted by Crippen LogP contribution is 2.50. The van der Waals surface area contributed by atoms with Crippen LogP contribution in [0, 0.1) is 5.92 Å². The van der Waals surface area contributed by atoms with Gasteiger partial charge in [0.25, 0.3) is 5.91 Å². The monoisotopic (exact) mass is 446 g/mol. The molecule has 156 valence electrons. The average Bonchev–Trinajstić information content (AvgIpc) is 3.43. The zero-order chi connectivity index (χ0) is 20.8. The molecule has 2 heterocycles. The number of benzene rings is 2. The Kier molecular flexibility index (Phi) is 4.99. The zero-order valence-electron chi connectivity index (χ0n) is 16.1. The van der Waals surface area contributed by atoms with Gasteiger partial charge in [-0.2, -0.15) is 0 Å². The second kappa shape index (κ2) is 7.67. The van der Waals surface area contributed by atoms with Crippen molar-refractivity contribution in [3.05, 3.63) is 57.6 Å². The number of amides is 2. The smallest absolute Gasteiger partial charge is 0.255 e. The fourth-order valence-electron chi connectivity index (χ4n) is 4.18. The van der Waals surface area contributed by atoms with E-state index in [1.54, 1.807) is 23.1 Å². The molecule has 2 aromatic rings. The molecule has 0 unspecified atom stereocenters. The molecule has 3 aliphatic rings. The van der Waals surface area contributed by atoms with Crippen molar-refractivity contribution in [1.29, 1.82) is 0 Å². The summed E-state index contributed by atoms with van der Waals surface area (Å²) in [5.41, 5.74) is 1.51. The molecule has 0 bridgehead atoms. The molecule has 30 heavy (non-hydrogen) atoms. The van der Waals surface area contributed by atoms with Crippen molar-refractivity contribution in [3.63, 3.8) is 0 Å². The summed E-state index contributed by atoms with van der Waals surface area (Å²) < 4.78 is 10.8. The van der Waals surface area contributed by atoms with Crippen molar-refractivity contribution in [2.24, 2.45) is 5.92 Å². The van der Waals surface area contributed by atoms with Crippen molar-refractivity contribution in [2.45, 2.75) is 12.3 Å². The molecule has 2 aromatic carbocycles. The Morgan fingerprint density at radius 2 is 1.63 bits per heavy atom. The second-order valence-corrected chi connectivity index (χ2v) is 8.65. The maximum atomic E-state index is 13.0. The normalized spacial score (nSPS) is 22.2. The van der Waals surface area contributed by atoms with E-state index in [0.717, 1.165) is 23.5 Å². The standard InChI is InChI=1S/C22H20Cl2N2O4/c23-14-2-3-18(24)17(10-14)22(28)26-7-5-25(6-8-26)21(27)16-11-15(16)13-1-4-19-20(9-13)30-12-29-19/h1-4,9-10,15-16H,5-8,11-12H2/t15-,16-/m1/s1. The Bertz CT molecular complexity index is 1020. The summed E-state index contributed by atoms with van der Waals surface area (Å²) in [6.45, 7) is 2.25. The minimum absolute atomic E-state index is 0.00463. The number of halogens is 2. The molecule has 1 saturated carbocycles. The third-order valence-electron chi connectivity index (χ3n) is 5.97. The maximum absolute atomic E-state index is 13.0. The Hall–Kier alpha value is -2.44. The summed E-state index contributed by atoms with van der Waals surface area (Å²) in [5, 5.41) is 0.854. The summed E-state index contributed by atoms with van der Waals surface area (Å²) >= 11 is 12.2. The van der Waals surface area contributed by atoms with E-state index in [9.17, 15) is 9.59 Å². The predicted molar refractivity (Wildman–Crippen MR) is 112 cm³/mol. The first-order valence-corrected chi connectivity index (χ1v) is 10.7. The highest BCUT2D eigenvalue weighted by Gasteiger charge is 2.46. The van der Waals surface area contributed by atoms with E-state index in [-0.39, 0.29) is 30.4 Å². The predicted octanol–water partition coefficient (Wildman–Crippen LogP) is 3.81. The van der Waals surface area contributed by atoms with Crippen LogP contribution in [0.4, 0.5) is 0 Å². The highest BCUT2D eigenvalue weighted by atomic mass is 35.5. The Morgan fingerprint density at radius 3 is 2.43 bits per heavy atom. The molecule has 2 fully saturated rings. The third kappa shape index (κ3) is 3.59. The Balaban J connectivity index is 1.19.